The van der Waals surface area contributed by atoms with Gasteiger partial charge in [0.15, 0.2) is 0 Å². The molecule has 0 aliphatic heterocycles. The number of nitrogens with one attached hydrogen (secondary N) is 1. The highest BCUT2D eigenvalue weighted by Gasteiger charge is 2.11. The molecule has 3 heteroatoms. The second kappa shape index (κ2) is 5.75. The van der Waals surface area contributed by atoms with Gasteiger partial charge in [-0.15, -0.1) is 0 Å². The summed E-state index contributed by atoms with van der Waals surface area (Å²) < 4.78 is 0. The summed E-state index contributed by atoms with van der Waals surface area (Å²) in [4.78, 5) is 10.4. The predicted octanol–water partition coefficient (Wildman–Crippen LogP) is 1.65. The predicted molar refractivity (Wildman–Crippen MR) is 53.7 cm³/mol. The van der Waals surface area contributed by atoms with Crippen LogP contribution in [-0.2, 0) is 4.79 Å². The number of hydrogen-bond donors (Lipinski definition) is 2. The minimum absolute atomic E-state index is 0.218. The highest BCUT2D eigenvalue weighted by molar-refractivity contribution is 5.86. The average Bonchev–Trinajstić information content (AvgIpc) is 2.11. The summed E-state index contributed by atoms with van der Waals surface area (Å²) in [6.45, 7) is 10.1. The molecule has 0 heterocycles. The highest BCUT2D eigenvalue weighted by atomic mass is 16.4. The number of hydrogen-bond acceptors (Lipinski definition) is 2. The number of aliphatic carboxylic acids is 1. The van der Waals surface area contributed by atoms with E-state index < -0.39 is 5.97 Å². The zero-order valence-electron chi connectivity index (χ0n) is 8.63. The number of carboxylic acids is 1. The van der Waals surface area contributed by atoms with E-state index in [0.717, 1.165) is 6.42 Å². The molecule has 2 unspecified atom stereocenters. The Bertz CT molecular complexity index is 189. The number of carbonyl (C=O) groups is 1. The fraction of sp³-hybridized carbons (Fsp3) is 0.700. The molecule has 3 nitrogen and oxygen atoms in total. The lowest BCUT2D eigenvalue weighted by Gasteiger charge is -2.19. The maximum Gasteiger partial charge on any atom is 0.332 e. The second-order valence-corrected chi connectivity index (χ2v) is 3.46. The molecule has 0 saturated heterocycles. The normalized spacial score (nSPS) is 15.0. The Hall–Kier alpha value is -0.830. The van der Waals surface area contributed by atoms with Crippen molar-refractivity contribution < 1.29 is 9.90 Å². The van der Waals surface area contributed by atoms with Gasteiger partial charge in [-0.25, -0.2) is 4.79 Å². The zero-order valence-corrected chi connectivity index (χ0v) is 8.63. The van der Waals surface area contributed by atoms with E-state index in [0.29, 0.717) is 18.5 Å². The fourth-order valence-electron chi connectivity index (χ4n) is 0.915. The second-order valence-electron chi connectivity index (χ2n) is 3.46. The van der Waals surface area contributed by atoms with Gasteiger partial charge in [-0.2, -0.15) is 0 Å². The van der Waals surface area contributed by atoms with E-state index in [-0.39, 0.29) is 5.57 Å². The van der Waals surface area contributed by atoms with E-state index in [2.05, 4.69) is 32.7 Å². The van der Waals surface area contributed by atoms with Gasteiger partial charge in [-0.05, 0) is 12.8 Å². The van der Waals surface area contributed by atoms with Crippen LogP contribution in [0.5, 0.6) is 0 Å². The Morgan fingerprint density at radius 3 is 2.46 bits per heavy atom. The van der Waals surface area contributed by atoms with Gasteiger partial charge in [0.25, 0.3) is 0 Å². The van der Waals surface area contributed by atoms with Gasteiger partial charge in [0.05, 0.1) is 0 Å². The van der Waals surface area contributed by atoms with E-state index in [1.54, 1.807) is 0 Å². The summed E-state index contributed by atoms with van der Waals surface area (Å²) >= 11 is 0. The zero-order chi connectivity index (χ0) is 10.4. The molecule has 0 bridgehead atoms. The molecule has 0 radical (unpaired) electrons. The summed E-state index contributed by atoms with van der Waals surface area (Å²) in [5.74, 6) is -0.370. The molecule has 2 N–H and O–H groups in total. The van der Waals surface area contributed by atoms with Crippen LogP contribution in [0.3, 0.4) is 0 Å². The van der Waals surface area contributed by atoms with Crippen molar-refractivity contribution in [1.29, 1.82) is 0 Å². The molecule has 0 spiro atoms. The highest BCUT2D eigenvalue weighted by Crippen LogP contribution is 2.06. The van der Waals surface area contributed by atoms with Crippen LogP contribution < -0.4 is 5.32 Å². The van der Waals surface area contributed by atoms with Gasteiger partial charge in [-0.1, -0.05) is 26.8 Å². The molecule has 0 aromatic heterocycles. The lowest BCUT2D eigenvalue weighted by Crippen LogP contribution is -2.34. The van der Waals surface area contributed by atoms with E-state index in [1.807, 2.05) is 0 Å². The Morgan fingerprint density at radius 1 is 1.54 bits per heavy atom. The van der Waals surface area contributed by atoms with Crippen molar-refractivity contribution in [2.45, 2.75) is 33.2 Å². The first-order valence-corrected chi connectivity index (χ1v) is 4.63. The standard InChI is InChI=1S/C10H19NO2/c1-5-7(2)9(4)11-6-8(3)10(12)13/h7,9,11H,3,5-6H2,1-2,4H3,(H,12,13). The molecule has 13 heavy (non-hydrogen) atoms. The molecule has 0 saturated carbocycles. The third-order valence-electron chi connectivity index (χ3n) is 2.44. The quantitative estimate of drug-likeness (QED) is 0.619. The van der Waals surface area contributed by atoms with Crippen LogP contribution in [0.4, 0.5) is 0 Å². The van der Waals surface area contributed by atoms with E-state index in [9.17, 15) is 4.79 Å². The van der Waals surface area contributed by atoms with Crippen molar-refractivity contribution in [2.75, 3.05) is 6.54 Å². The topological polar surface area (TPSA) is 49.3 Å². The van der Waals surface area contributed by atoms with E-state index >= 15 is 0 Å². The lowest BCUT2D eigenvalue weighted by atomic mass is 10.0. The van der Waals surface area contributed by atoms with Crippen LogP contribution in [-0.4, -0.2) is 23.7 Å². The summed E-state index contributed by atoms with van der Waals surface area (Å²) in [5.41, 5.74) is 0.218. The molecule has 76 valence electrons. The Labute approximate surface area is 79.8 Å². The summed E-state index contributed by atoms with van der Waals surface area (Å²) in [6.07, 6.45) is 1.09. The SMILES string of the molecule is C=C(CNC(C)C(C)CC)C(=O)O. The number of carboxylic acid groups (broad SMARTS) is 1. The fourth-order valence-corrected chi connectivity index (χ4v) is 0.915. The summed E-state index contributed by atoms with van der Waals surface area (Å²) in [5, 5.41) is 11.7. The van der Waals surface area contributed by atoms with Crippen molar-refractivity contribution in [2.24, 2.45) is 5.92 Å². The molecule has 0 aromatic rings. The number of rotatable bonds is 6. The molecule has 0 aliphatic carbocycles. The van der Waals surface area contributed by atoms with Crippen LogP contribution in [0.15, 0.2) is 12.2 Å². The van der Waals surface area contributed by atoms with E-state index in [1.165, 1.54) is 0 Å². The van der Waals surface area contributed by atoms with Crippen LogP contribution >= 0.6 is 0 Å². The monoisotopic (exact) mass is 185 g/mol. The van der Waals surface area contributed by atoms with Crippen molar-refractivity contribution >= 4 is 5.97 Å². The van der Waals surface area contributed by atoms with Crippen LogP contribution in [0.2, 0.25) is 0 Å². The van der Waals surface area contributed by atoms with Crippen LogP contribution in [0.25, 0.3) is 0 Å². The first-order valence-electron chi connectivity index (χ1n) is 4.63. The third-order valence-corrected chi connectivity index (χ3v) is 2.44. The maximum atomic E-state index is 10.4. The van der Waals surface area contributed by atoms with Gasteiger partial charge in [0, 0.05) is 18.2 Å². The van der Waals surface area contributed by atoms with Gasteiger partial charge in [-0.3, -0.25) is 0 Å². The minimum atomic E-state index is -0.927. The minimum Gasteiger partial charge on any atom is -0.478 e. The van der Waals surface area contributed by atoms with Gasteiger partial charge < -0.3 is 10.4 Å². The van der Waals surface area contributed by atoms with Crippen LogP contribution in [0, 0.1) is 5.92 Å². The molecular weight excluding hydrogens is 166 g/mol. The molecule has 0 rings (SSSR count). The Balaban J connectivity index is 3.76. The first-order chi connectivity index (χ1) is 5.99. The van der Waals surface area contributed by atoms with Crippen LogP contribution in [0.1, 0.15) is 27.2 Å². The molecule has 0 aliphatic rings. The van der Waals surface area contributed by atoms with Gasteiger partial charge in [0.2, 0.25) is 0 Å². The average molecular weight is 185 g/mol. The van der Waals surface area contributed by atoms with Crippen molar-refractivity contribution in [1.82, 2.24) is 5.32 Å². The maximum absolute atomic E-state index is 10.4. The molecular formula is C10H19NO2. The largest absolute Gasteiger partial charge is 0.478 e. The molecule has 0 fully saturated rings. The van der Waals surface area contributed by atoms with Gasteiger partial charge in [0.1, 0.15) is 0 Å². The Morgan fingerprint density at radius 2 is 2.08 bits per heavy atom. The first kappa shape index (κ1) is 12.2. The third kappa shape index (κ3) is 4.68. The molecule has 0 amide bonds. The van der Waals surface area contributed by atoms with Crippen molar-refractivity contribution in [3.8, 4) is 0 Å². The molecule has 2 atom stereocenters. The Kier molecular flexibility index (Phi) is 5.39. The smallest absolute Gasteiger partial charge is 0.332 e. The summed E-state index contributed by atoms with van der Waals surface area (Å²) in [6, 6.07) is 0.334. The van der Waals surface area contributed by atoms with E-state index in [4.69, 9.17) is 5.11 Å². The van der Waals surface area contributed by atoms with Gasteiger partial charge >= 0.3 is 5.97 Å². The lowest BCUT2D eigenvalue weighted by molar-refractivity contribution is -0.132. The summed E-state index contributed by atoms with van der Waals surface area (Å²) in [7, 11) is 0. The molecule has 0 aromatic carbocycles. The van der Waals surface area contributed by atoms with Crippen molar-refractivity contribution in [3.63, 3.8) is 0 Å². The van der Waals surface area contributed by atoms with Crippen molar-refractivity contribution in [3.05, 3.63) is 12.2 Å².